The number of methoxy groups -OCH3 is 1. The van der Waals surface area contributed by atoms with Crippen LogP contribution in [-0.4, -0.2) is 136 Å². The third kappa shape index (κ3) is 9.71. The highest BCUT2D eigenvalue weighted by Gasteiger charge is 2.59. The van der Waals surface area contributed by atoms with Crippen LogP contribution >= 0.6 is 11.6 Å². The first-order valence-electron chi connectivity index (χ1n) is 20.8. The normalized spacial score (nSPS) is 44.9. The molecule has 0 aromatic heterocycles. The van der Waals surface area contributed by atoms with Crippen molar-refractivity contribution in [3.05, 3.63) is 34.9 Å². The number of carbonyl (C=O) groups excluding carboxylic acids is 1. The number of rotatable bonds is 11. The van der Waals surface area contributed by atoms with Gasteiger partial charge in [0, 0.05) is 43.0 Å². The molecule has 0 radical (unpaired) electrons. The van der Waals surface area contributed by atoms with Crippen LogP contribution in [0.15, 0.2) is 24.3 Å². The highest BCUT2D eigenvalue weighted by molar-refractivity contribution is 6.30. The van der Waals surface area contributed by atoms with E-state index < -0.39 is 102 Å². The molecule has 5 rings (SSSR count). The first-order chi connectivity index (χ1) is 26.6. The predicted octanol–water partition coefficient (Wildman–Crippen LogP) is 4.85. The Kier molecular flexibility index (Phi) is 14.9. The van der Waals surface area contributed by atoms with E-state index in [0.29, 0.717) is 24.4 Å². The maximum atomic E-state index is 14.4. The number of likely N-dealkylation sites (N-methyl/N-ethyl adjacent to an activating group) is 1. The summed E-state index contributed by atoms with van der Waals surface area (Å²) in [6.07, 6.45) is -7.95. The van der Waals surface area contributed by atoms with Gasteiger partial charge >= 0.3 is 5.97 Å². The highest BCUT2D eigenvalue weighted by atomic mass is 35.5. The molecule has 19 atom stereocenters. The van der Waals surface area contributed by atoms with Crippen molar-refractivity contribution in [1.82, 2.24) is 4.90 Å². The molecule has 1 aromatic carbocycles. The molecule has 2 bridgehead atoms. The minimum atomic E-state index is -1.81. The fourth-order valence-electron chi connectivity index (χ4n) is 10.2. The lowest BCUT2D eigenvalue weighted by Crippen LogP contribution is -2.60. The summed E-state index contributed by atoms with van der Waals surface area (Å²) in [4.78, 5) is 16.5. The molecule has 0 amide bonds. The van der Waals surface area contributed by atoms with E-state index in [-0.39, 0.29) is 30.9 Å². The third-order valence-corrected chi connectivity index (χ3v) is 13.8. The van der Waals surface area contributed by atoms with Crippen LogP contribution in [0.25, 0.3) is 0 Å². The Morgan fingerprint density at radius 2 is 1.74 bits per heavy atom. The highest BCUT2D eigenvalue weighted by Crippen LogP contribution is 2.48. The number of hydrogen-bond acceptors (Lipinski definition) is 13. The number of hydrogen-bond donors (Lipinski definition) is 4. The predicted molar refractivity (Wildman–Crippen MR) is 213 cm³/mol. The molecule has 4 saturated heterocycles. The second-order valence-electron chi connectivity index (χ2n) is 18.3. The molecule has 326 valence electrons. The number of ether oxygens (including phenoxy) is 7. The molecule has 4 heterocycles. The largest absolute Gasteiger partial charge is 0.459 e. The van der Waals surface area contributed by atoms with Crippen molar-refractivity contribution in [2.45, 2.75) is 192 Å². The van der Waals surface area contributed by atoms with E-state index in [0.717, 1.165) is 5.56 Å². The van der Waals surface area contributed by atoms with Crippen molar-refractivity contribution in [2.75, 3.05) is 14.2 Å². The Labute approximate surface area is 344 Å². The van der Waals surface area contributed by atoms with Crippen LogP contribution in [0.4, 0.5) is 0 Å². The molecule has 4 aliphatic rings. The quantitative estimate of drug-likeness (QED) is 0.224. The van der Waals surface area contributed by atoms with Crippen LogP contribution in [-0.2, 0) is 44.5 Å². The van der Waals surface area contributed by atoms with Gasteiger partial charge in [-0.3, -0.25) is 9.69 Å². The Bertz CT molecular complexity index is 1500. The zero-order valence-electron chi connectivity index (χ0n) is 36.0. The van der Waals surface area contributed by atoms with E-state index in [2.05, 4.69) is 11.8 Å². The smallest absolute Gasteiger partial charge is 0.311 e. The zero-order valence-corrected chi connectivity index (χ0v) is 36.7. The van der Waals surface area contributed by atoms with Gasteiger partial charge in [-0.1, -0.05) is 51.4 Å². The van der Waals surface area contributed by atoms with Crippen molar-refractivity contribution in [3.63, 3.8) is 0 Å². The van der Waals surface area contributed by atoms with E-state index in [9.17, 15) is 25.2 Å². The van der Waals surface area contributed by atoms with Crippen molar-refractivity contribution < 1.29 is 58.4 Å². The lowest BCUT2D eigenvalue weighted by Gasteiger charge is -2.48. The number of benzene rings is 1. The summed E-state index contributed by atoms with van der Waals surface area (Å²) in [5.41, 5.74) is -2.80. The van der Waals surface area contributed by atoms with Crippen molar-refractivity contribution in [3.8, 4) is 0 Å². The number of halogens is 1. The lowest BCUT2D eigenvalue weighted by atomic mass is 9.76. The van der Waals surface area contributed by atoms with Crippen molar-refractivity contribution >= 4 is 17.6 Å². The molecule has 0 aliphatic carbocycles. The summed E-state index contributed by atoms with van der Waals surface area (Å²) in [6.45, 7) is 18.9. The minimum absolute atomic E-state index is 0.0885. The summed E-state index contributed by atoms with van der Waals surface area (Å²) in [5.74, 6) is -2.82. The first-order valence-corrected chi connectivity index (χ1v) is 21.2. The van der Waals surface area contributed by atoms with Gasteiger partial charge in [0.05, 0.1) is 53.7 Å². The maximum Gasteiger partial charge on any atom is 0.311 e. The van der Waals surface area contributed by atoms with Crippen LogP contribution in [0.3, 0.4) is 0 Å². The third-order valence-electron chi connectivity index (χ3n) is 13.6. The standard InChI is InChI=1S/C43H70ClNO12/c1-13-31(46)43(10,50)38-24(4)34-22(2)19-42(9,57-34)37(56-40-33(47)30(17-23(3)52-40)45(11)21-28-15-14-16-29(44)18-28)25(5)35(26(6)39(49)55-38)54-32-20-41(8,51-12)36(48)27(7)53-32/h14-16,18,22-27,30-38,40,46-48,50H,13,17,19-21H2,1-12H3/t22-,23-,24+,25+,26-,27+,30+,31-,32+,33-,34+,35+,36+,37-,38-,40+,41-,42-,43-/m1/s1. The summed E-state index contributed by atoms with van der Waals surface area (Å²) in [7, 11) is 3.49. The van der Waals surface area contributed by atoms with Gasteiger partial charge in [0.1, 0.15) is 23.9 Å². The summed E-state index contributed by atoms with van der Waals surface area (Å²) in [5, 5.41) is 46.6. The van der Waals surface area contributed by atoms with Crippen LogP contribution in [0.1, 0.15) is 100 Å². The number of aliphatic hydroxyl groups is 4. The maximum absolute atomic E-state index is 14.4. The van der Waals surface area contributed by atoms with Crippen LogP contribution in [0, 0.1) is 23.7 Å². The molecule has 0 saturated carbocycles. The van der Waals surface area contributed by atoms with Gasteiger partial charge in [0.2, 0.25) is 0 Å². The van der Waals surface area contributed by atoms with E-state index in [1.165, 1.54) is 14.0 Å². The second kappa shape index (κ2) is 18.3. The molecule has 4 aliphatic heterocycles. The van der Waals surface area contributed by atoms with Crippen LogP contribution < -0.4 is 0 Å². The van der Waals surface area contributed by atoms with Crippen molar-refractivity contribution in [1.29, 1.82) is 0 Å². The summed E-state index contributed by atoms with van der Waals surface area (Å²) in [6, 6.07) is 7.31. The fourth-order valence-corrected chi connectivity index (χ4v) is 10.4. The van der Waals surface area contributed by atoms with Gasteiger partial charge in [-0.15, -0.1) is 0 Å². The molecule has 4 fully saturated rings. The van der Waals surface area contributed by atoms with Gasteiger partial charge < -0.3 is 53.6 Å². The van der Waals surface area contributed by atoms with Gasteiger partial charge in [-0.05, 0) is 91.5 Å². The average Bonchev–Trinajstić information content (AvgIpc) is 3.47. The van der Waals surface area contributed by atoms with E-state index in [1.54, 1.807) is 27.7 Å². The van der Waals surface area contributed by atoms with Gasteiger partial charge in [0.25, 0.3) is 0 Å². The summed E-state index contributed by atoms with van der Waals surface area (Å²) >= 11 is 6.30. The first kappa shape index (κ1) is 46.6. The average molecular weight is 828 g/mol. The molecular weight excluding hydrogens is 758 g/mol. The Hall–Kier alpha value is -1.46. The number of nitrogens with zero attached hydrogens (tertiary/aromatic N) is 1. The molecule has 0 unspecified atom stereocenters. The Morgan fingerprint density at radius 3 is 2.37 bits per heavy atom. The topological polar surface area (TPSA) is 166 Å². The van der Waals surface area contributed by atoms with Gasteiger partial charge in [0.15, 0.2) is 12.6 Å². The van der Waals surface area contributed by atoms with Gasteiger partial charge in [-0.2, -0.15) is 0 Å². The monoisotopic (exact) mass is 827 g/mol. The van der Waals surface area contributed by atoms with Crippen molar-refractivity contribution in [2.24, 2.45) is 23.7 Å². The second-order valence-corrected chi connectivity index (χ2v) is 18.8. The molecule has 4 N–H and O–H groups in total. The fraction of sp³-hybridized carbons (Fsp3) is 0.837. The lowest BCUT2D eigenvalue weighted by molar-refractivity contribution is -0.318. The van der Waals surface area contributed by atoms with E-state index in [4.69, 9.17) is 44.8 Å². The molecule has 1 aromatic rings. The number of fused-ring (bicyclic) bond motifs is 2. The number of esters is 1. The van der Waals surface area contributed by atoms with Crippen LogP contribution in [0.2, 0.25) is 5.02 Å². The number of aliphatic hydroxyl groups excluding tert-OH is 3. The molecular formula is C43H70ClNO12. The number of carbonyl (C=O) groups is 1. The Balaban J connectivity index is 1.55. The van der Waals surface area contributed by atoms with Crippen LogP contribution in [0.5, 0.6) is 0 Å². The Morgan fingerprint density at radius 1 is 1.05 bits per heavy atom. The zero-order chi connectivity index (χ0) is 42.4. The van der Waals surface area contributed by atoms with E-state index >= 15 is 0 Å². The summed E-state index contributed by atoms with van der Waals surface area (Å²) < 4.78 is 45.6. The molecule has 13 nitrogen and oxygen atoms in total. The minimum Gasteiger partial charge on any atom is -0.459 e. The SMILES string of the molecule is CC[C@@H](O)[C@@](C)(O)[C@@H]1OC(=O)[C@H](C)[C@@H](O[C@H]2C[C@@](C)(OC)[C@@H](O)[C@H](C)O2)[C@H](C)[C@@H](O[C@@H]2O[C@H](C)C[C@H](N(C)Cc3cccc(Cl)c3)[C@H]2O)[C@@]2(C)C[C@@H](C)[C@H](O2)[C@@H]1C. The van der Waals surface area contributed by atoms with E-state index in [1.807, 2.05) is 59.0 Å². The van der Waals surface area contributed by atoms with Gasteiger partial charge in [-0.25, -0.2) is 0 Å². The molecule has 57 heavy (non-hydrogen) atoms. The molecule has 14 heteroatoms. The molecule has 0 spiro atoms. The number of cyclic esters (lactones) is 1.